The fourth-order valence-corrected chi connectivity index (χ4v) is 3.31. The molecular weight excluding hydrogens is 378 g/mol. The number of carbonyl (C=O) groups excluding carboxylic acids is 2. The molecule has 0 radical (unpaired) electrons. The van der Waals surface area contributed by atoms with Gasteiger partial charge in [0.25, 0.3) is 5.91 Å². The number of benzene rings is 1. The van der Waals surface area contributed by atoms with Crippen molar-refractivity contribution >= 4 is 40.4 Å². The number of thioether (sulfide) groups is 1. The zero-order valence-corrected chi connectivity index (χ0v) is 16.8. The Bertz CT molecular complexity index is 773. The van der Waals surface area contributed by atoms with Gasteiger partial charge in [-0.15, -0.1) is 0 Å². The van der Waals surface area contributed by atoms with E-state index in [4.69, 9.17) is 5.11 Å². The number of para-hydroxylation sites is 1. The number of fused-ring (bicyclic) bond motifs is 1. The lowest BCUT2D eigenvalue weighted by Gasteiger charge is -2.13. The lowest BCUT2D eigenvalue weighted by molar-refractivity contribution is -0.141. The number of carboxylic acid groups (broad SMARTS) is 1. The molecule has 28 heavy (non-hydrogen) atoms. The molecule has 1 atom stereocenters. The van der Waals surface area contributed by atoms with Crippen LogP contribution >= 0.6 is 11.8 Å². The molecule has 0 aliphatic carbocycles. The summed E-state index contributed by atoms with van der Waals surface area (Å²) in [6, 6.07) is 8.71. The number of amides is 2. The fourth-order valence-electron chi connectivity index (χ4n) is 2.84. The Morgan fingerprint density at radius 1 is 1.18 bits per heavy atom. The van der Waals surface area contributed by atoms with E-state index < -0.39 is 12.0 Å². The molecule has 0 spiro atoms. The highest BCUT2D eigenvalue weighted by molar-refractivity contribution is 7.98. The largest absolute Gasteiger partial charge is 0.480 e. The van der Waals surface area contributed by atoms with E-state index in [9.17, 15) is 14.4 Å². The minimum Gasteiger partial charge on any atom is -0.480 e. The number of hydrogen-bond donors (Lipinski definition) is 4. The molecule has 1 aromatic heterocycles. The van der Waals surface area contributed by atoms with E-state index in [2.05, 4.69) is 15.6 Å². The quantitative estimate of drug-likeness (QED) is 0.406. The Labute approximate surface area is 168 Å². The van der Waals surface area contributed by atoms with Crippen molar-refractivity contribution in [1.82, 2.24) is 15.6 Å². The van der Waals surface area contributed by atoms with Crippen LogP contribution in [0.1, 0.15) is 42.6 Å². The average Bonchev–Trinajstić information content (AvgIpc) is 3.11. The minimum atomic E-state index is -0.998. The lowest BCUT2D eigenvalue weighted by atomic mass is 10.1. The monoisotopic (exact) mass is 405 g/mol. The van der Waals surface area contributed by atoms with Crippen LogP contribution in [0.4, 0.5) is 0 Å². The van der Waals surface area contributed by atoms with Gasteiger partial charge in [-0.3, -0.25) is 9.59 Å². The number of nitrogens with one attached hydrogen (secondary N) is 3. The molecule has 152 valence electrons. The lowest BCUT2D eigenvalue weighted by Crippen LogP contribution is -2.41. The highest BCUT2D eigenvalue weighted by Crippen LogP contribution is 2.14. The molecule has 0 aliphatic rings. The number of hydrogen-bond acceptors (Lipinski definition) is 4. The second kappa shape index (κ2) is 11.4. The van der Waals surface area contributed by atoms with Gasteiger partial charge < -0.3 is 20.7 Å². The van der Waals surface area contributed by atoms with E-state index in [1.807, 2.05) is 36.6 Å². The zero-order valence-electron chi connectivity index (χ0n) is 16.0. The first-order chi connectivity index (χ1) is 13.5. The van der Waals surface area contributed by atoms with Gasteiger partial charge in [0.15, 0.2) is 0 Å². The van der Waals surface area contributed by atoms with E-state index in [-0.39, 0.29) is 11.8 Å². The number of unbranched alkanes of at least 4 members (excludes halogenated alkanes) is 2. The third-order valence-electron chi connectivity index (χ3n) is 4.38. The number of aromatic amines is 1. The van der Waals surface area contributed by atoms with Crippen molar-refractivity contribution in [1.29, 1.82) is 0 Å². The van der Waals surface area contributed by atoms with Gasteiger partial charge in [-0.05, 0) is 43.4 Å². The summed E-state index contributed by atoms with van der Waals surface area (Å²) in [4.78, 5) is 38.3. The zero-order chi connectivity index (χ0) is 20.4. The molecule has 2 rings (SSSR count). The summed E-state index contributed by atoms with van der Waals surface area (Å²) in [7, 11) is 0. The van der Waals surface area contributed by atoms with E-state index in [1.54, 1.807) is 11.8 Å². The van der Waals surface area contributed by atoms with Crippen LogP contribution in [0.5, 0.6) is 0 Å². The first kappa shape index (κ1) is 21.8. The van der Waals surface area contributed by atoms with Crippen LogP contribution in [0.25, 0.3) is 10.9 Å². The summed E-state index contributed by atoms with van der Waals surface area (Å²) >= 11 is 1.55. The molecule has 1 heterocycles. The van der Waals surface area contributed by atoms with Crippen molar-refractivity contribution < 1.29 is 19.5 Å². The Balaban J connectivity index is 1.61. The molecule has 8 heteroatoms. The summed E-state index contributed by atoms with van der Waals surface area (Å²) in [5.41, 5.74) is 1.46. The molecule has 0 unspecified atom stereocenters. The SMILES string of the molecule is CSCC[C@@H](NC(=O)CCCCCNC(=O)c1cc2ccccc2[nH]1)C(=O)O. The summed E-state index contributed by atoms with van der Waals surface area (Å²) in [6.07, 6.45) is 4.80. The van der Waals surface area contributed by atoms with E-state index in [1.165, 1.54) is 0 Å². The number of H-pyrrole nitrogens is 1. The fraction of sp³-hybridized carbons (Fsp3) is 0.450. The standard InChI is InChI=1S/C20H27N3O4S/c1-28-12-10-16(20(26)27)23-18(24)9-3-2-6-11-21-19(25)17-13-14-7-4-5-8-15(14)22-17/h4-5,7-8,13,16,22H,2-3,6,9-12H2,1H3,(H,21,25)(H,23,24)(H,26,27)/t16-/m1/s1. The van der Waals surface area contributed by atoms with Crippen molar-refractivity contribution in [2.75, 3.05) is 18.6 Å². The normalized spacial score (nSPS) is 11.9. The van der Waals surface area contributed by atoms with Crippen molar-refractivity contribution in [3.8, 4) is 0 Å². The number of rotatable bonds is 12. The third kappa shape index (κ3) is 6.92. The minimum absolute atomic E-state index is 0.146. The van der Waals surface area contributed by atoms with E-state index >= 15 is 0 Å². The molecule has 0 aliphatic heterocycles. The van der Waals surface area contributed by atoms with Gasteiger partial charge in [-0.2, -0.15) is 11.8 Å². The van der Waals surface area contributed by atoms with Crippen molar-refractivity contribution in [2.45, 2.75) is 38.1 Å². The van der Waals surface area contributed by atoms with E-state index in [0.29, 0.717) is 37.3 Å². The maximum atomic E-state index is 12.2. The molecule has 0 bridgehead atoms. The Morgan fingerprint density at radius 2 is 1.96 bits per heavy atom. The topological polar surface area (TPSA) is 111 Å². The number of aromatic nitrogens is 1. The Hall–Kier alpha value is -2.48. The van der Waals surface area contributed by atoms with Crippen LogP contribution in [-0.4, -0.2) is 52.5 Å². The maximum absolute atomic E-state index is 12.2. The van der Waals surface area contributed by atoms with Crippen LogP contribution in [0.3, 0.4) is 0 Å². The summed E-state index contributed by atoms with van der Waals surface area (Å²) in [6.45, 7) is 0.529. The highest BCUT2D eigenvalue weighted by Gasteiger charge is 2.18. The molecule has 0 fully saturated rings. The average molecular weight is 406 g/mol. The molecular formula is C20H27N3O4S. The van der Waals surface area contributed by atoms with Gasteiger partial charge in [-0.25, -0.2) is 4.79 Å². The predicted molar refractivity (Wildman–Crippen MR) is 112 cm³/mol. The van der Waals surface area contributed by atoms with Crippen molar-refractivity contribution in [3.63, 3.8) is 0 Å². The Morgan fingerprint density at radius 3 is 2.68 bits per heavy atom. The number of carbonyl (C=O) groups is 3. The second-order valence-corrected chi connectivity index (χ2v) is 7.56. The van der Waals surface area contributed by atoms with Gasteiger partial charge in [-0.1, -0.05) is 24.6 Å². The van der Waals surface area contributed by atoms with Gasteiger partial charge in [0, 0.05) is 23.9 Å². The molecule has 4 N–H and O–H groups in total. The summed E-state index contributed by atoms with van der Waals surface area (Å²) in [5.74, 6) is -0.697. The molecule has 2 aromatic rings. The first-order valence-electron chi connectivity index (χ1n) is 9.38. The molecule has 0 saturated heterocycles. The van der Waals surface area contributed by atoms with Crippen molar-refractivity contribution in [2.24, 2.45) is 0 Å². The third-order valence-corrected chi connectivity index (χ3v) is 5.03. The smallest absolute Gasteiger partial charge is 0.326 e. The van der Waals surface area contributed by atoms with Crippen LogP contribution in [0.15, 0.2) is 30.3 Å². The van der Waals surface area contributed by atoms with Crippen LogP contribution in [0.2, 0.25) is 0 Å². The van der Waals surface area contributed by atoms with Gasteiger partial charge in [0.05, 0.1) is 0 Å². The van der Waals surface area contributed by atoms with Gasteiger partial charge in [0.1, 0.15) is 11.7 Å². The van der Waals surface area contributed by atoms with Gasteiger partial charge in [0.2, 0.25) is 5.91 Å². The maximum Gasteiger partial charge on any atom is 0.326 e. The predicted octanol–water partition coefficient (Wildman–Crippen LogP) is 2.78. The Kier molecular flexibility index (Phi) is 8.87. The van der Waals surface area contributed by atoms with Crippen LogP contribution in [-0.2, 0) is 9.59 Å². The number of aliphatic carboxylic acids is 1. The molecule has 2 amide bonds. The van der Waals surface area contributed by atoms with Gasteiger partial charge >= 0.3 is 5.97 Å². The van der Waals surface area contributed by atoms with Crippen LogP contribution < -0.4 is 10.6 Å². The molecule has 7 nitrogen and oxygen atoms in total. The summed E-state index contributed by atoms with van der Waals surface area (Å²) < 4.78 is 0. The number of carboxylic acids is 1. The second-order valence-electron chi connectivity index (χ2n) is 6.58. The molecule has 1 aromatic carbocycles. The van der Waals surface area contributed by atoms with E-state index in [0.717, 1.165) is 23.7 Å². The van der Waals surface area contributed by atoms with Crippen molar-refractivity contribution in [3.05, 3.63) is 36.0 Å². The molecule has 0 saturated carbocycles. The van der Waals surface area contributed by atoms with Crippen LogP contribution in [0, 0.1) is 0 Å². The summed E-state index contributed by atoms with van der Waals surface area (Å²) in [5, 5.41) is 15.5. The highest BCUT2D eigenvalue weighted by atomic mass is 32.2. The first-order valence-corrected chi connectivity index (χ1v) is 10.8.